The predicted molar refractivity (Wildman–Crippen MR) is 334 cm³/mol. The van der Waals surface area contributed by atoms with Gasteiger partial charge in [0, 0.05) is 39.0 Å². The van der Waals surface area contributed by atoms with E-state index in [0.29, 0.717) is 24.0 Å². The quantitative estimate of drug-likeness (QED) is 0.0525. The first kappa shape index (κ1) is 70.4. The third kappa shape index (κ3) is 21.5. The maximum Gasteiger partial charge on any atom is 0.246 e. The molecule has 3 heterocycles. The lowest BCUT2D eigenvalue weighted by Gasteiger charge is -2.33. The molecule has 26 heteroatoms. The van der Waals surface area contributed by atoms with Crippen molar-refractivity contribution in [2.24, 2.45) is 56.6 Å². The minimum atomic E-state index is -1.30. The van der Waals surface area contributed by atoms with E-state index < -0.39 is 131 Å². The molecule has 2 aromatic rings. The van der Waals surface area contributed by atoms with Gasteiger partial charge in [-0.05, 0) is 99.0 Å². The zero-order valence-corrected chi connectivity index (χ0v) is 52.4. The van der Waals surface area contributed by atoms with Gasteiger partial charge in [-0.1, -0.05) is 116 Å². The van der Waals surface area contributed by atoms with Crippen LogP contribution in [0.25, 0.3) is 0 Å². The Kier molecular flexibility index (Phi) is 27.4. The molecular weight excluding hydrogens is 1130 g/mol. The minimum Gasteiger partial charge on any atom is -0.370 e. The number of benzene rings is 2. The molecule has 0 spiro atoms. The number of carbonyl (C=O) groups excluding carboxylic acids is 10. The predicted octanol–water partition coefficient (Wildman–Crippen LogP) is -0.143. The molecule has 3 saturated heterocycles. The highest BCUT2D eigenvalue weighted by Gasteiger charge is 2.43. The van der Waals surface area contributed by atoms with Gasteiger partial charge in [-0.2, -0.15) is 0 Å². The summed E-state index contributed by atoms with van der Waals surface area (Å²) in [5, 5.41) is 22.8. The Bertz CT molecular complexity index is 2590. The van der Waals surface area contributed by atoms with Gasteiger partial charge in [0.1, 0.15) is 60.4 Å². The van der Waals surface area contributed by atoms with Gasteiger partial charge in [0.15, 0.2) is 11.9 Å². The monoisotopic (exact) mass is 1220 g/mol. The Morgan fingerprint density at radius 1 is 0.432 bits per heavy atom. The van der Waals surface area contributed by atoms with Gasteiger partial charge in [-0.25, -0.2) is 0 Å². The number of amides is 10. The van der Waals surface area contributed by atoms with Crippen LogP contribution in [0.15, 0.2) is 70.6 Å². The van der Waals surface area contributed by atoms with Crippen molar-refractivity contribution in [3.8, 4) is 0 Å². The normalized spacial score (nSPS) is 25.4. The van der Waals surface area contributed by atoms with Crippen molar-refractivity contribution in [1.82, 2.24) is 52.3 Å². The fourth-order valence-electron chi connectivity index (χ4n) is 11.2. The molecule has 16 N–H and O–H groups in total. The number of hydrogen-bond donors (Lipinski definition) is 12. The molecule has 10 atom stereocenters. The summed E-state index contributed by atoms with van der Waals surface area (Å²) in [6.07, 6.45) is 1.78. The van der Waals surface area contributed by atoms with Gasteiger partial charge in [0.05, 0.1) is 0 Å². The van der Waals surface area contributed by atoms with E-state index in [-0.39, 0.29) is 114 Å². The first-order valence-electron chi connectivity index (χ1n) is 31.0. The number of guanidine groups is 2. The minimum absolute atomic E-state index is 0.00518. The van der Waals surface area contributed by atoms with Crippen molar-refractivity contribution in [3.63, 3.8) is 0 Å². The smallest absolute Gasteiger partial charge is 0.246 e. The molecule has 0 aliphatic carbocycles. The molecule has 2 aromatic carbocycles. The first-order valence-corrected chi connectivity index (χ1v) is 31.0. The van der Waals surface area contributed by atoms with Crippen molar-refractivity contribution in [3.05, 3.63) is 71.8 Å². The van der Waals surface area contributed by atoms with E-state index in [4.69, 9.17) is 22.9 Å². The number of hydrogen-bond acceptors (Lipinski definition) is 12. The highest BCUT2D eigenvalue weighted by Crippen LogP contribution is 2.24. The SMILES string of the molecule is CC(C)C[C@@H]1NC(=O)[C@H](CCCN=C(N)N)NC(=O)[C@H](C(C)C)NC(=O)[C@@H]2CCCN2C(=O)[C@@H](Cc2ccccc2)NC(=O)[C@H](CC(C)C)NC(=O)[C@H](CCCN=C(N)N)NC(=O)[C@H](C(C)C)NC(=O)[C@@H]2CCCN2C(=O)[C@@H](Cc2ccccc2)NC1=O. The van der Waals surface area contributed by atoms with Crippen LogP contribution in [0, 0.1) is 23.7 Å². The van der Waals surface area contributed by atoms with E-state index >= 15 is 9.59 Å². The summed E-state index contributed by atoms with van der Waals surface area (Å²) in [5.41, 5.74) is 23.8. The second-order valence-corrected chi connectivity index (χ2v) is 24.7. The van der Waals surface area contributed by atoms with Gasteiger partial charge in [-0.15, -0.1) is 0 Å². The van der Waals surface area contributed by atoms with Gasteiger partial charge in [0.2, 0.25) is 59.1 Å². The molecule has 0 aromatic heterocycles. The van der Waals surface area contributed by atoms with Crippen LogP contribution in [0.4, 0.5) is 0 Å². The highest BCUT2D eigenvalue weighted by molar-refractivity contribution is 6.00. The second-order valence-electron chi connectivity index (χ2n) is 24.7. The summed E-state index contributed by atoms with van der Waals surface area (Å²) in [4.78, 5) is 158. The molecular formula is C62H96N16O10. The van der Waals surface area contributed by atoms with Crippen LogP contribution in [-0.2, 0) is 60.8 Å². The summed E-state index contributed by atoms with van der Waals surface area (Å²) in [6.45, 7) is 14.6. The number of fused-ring (bicyclic) bond motifs is 2. The second kappa shape index (κ2) is 34.3. The largest absolute Gasteiger partial charge is 0.370 e. The summed E-state index contributed by atoms with van der Waals surface area (Å²) in [6, 6.07) is 5.59. The molecule has 0 saturated carbocycles. The Morgan fingerprint density at radius 3 is 1.07 bits per heavy atom. The Hall–Kier alpha value is -8.32. The highest BCUT2D eigenvalue weighted by atomic mass is 16.2. The fourth-order valence-corrected chi connectivity index (χ4v) is 11.2. The number of carbonyl (C=O) groups is 10. The van der Waals surface area contributed by atoms with Gasteiger partial charge in [-0.3, -0.25) is 57.9 Å². The molecule has 3 aliphatic heterocycles. The number of aliphatic imine (C=N–C) groups is 2. The summed E-state index contributed by atoms with van der Waals surface area (Å²) in [5.74, 6) is -8.70. The lowest BCUT2D eigenvalue weighted by Crippen LogP contribution is -2.62. The average molecular weight is 1230 g/mol. The van der Waals surface area contributed by atoms with Gasteiger partial charge in [0.25, 0.3) is 0 Å². The van der Waals surface area contributed by atoms with Crippen LogP contribution in [0.3, 0.4) is 0 Å². The van der Waals surface area contributed by atoms with E-state index in [1.54, 1.807) is 88.4 Å². The first-order chi connectivity index (χ1) is 41.7. The van der Waals surface area contributed by atoms with Crippen LogP contribution in [0.5, 0.6) is 0 Å². The Morgan fingerprint density at radius 2 is 0.750 bits per heavy atom. The number of nitrogens with one attached hydrogen (secondary N) is 8. The molecule has 10 amide bonds. The summed E-state index contributed by atoms with van der Waals surface area (Å²) >= 11 is 0. The molecule has 3 fully saturated rings. The maximum absolute atomic E-state index is 15.0. The van der Waals surface area contributed by atoms with Gasteiger partial charge < -0.3 is 75.3 Å². The molecule has 0 bridgehead atoms. The fraction of sp³-hybridized carbons (Fsp3) is 0.613. The standard InChI is InChI=1S/C62H96N16O10/c1-35(2)31-43-53(81)73-45(33-39-19-11-9-12-20-39)59(87)77-29-17-25-47(77)55(83)76-50(38(7)8)58(86)70-42(24-16-28-68-62(65)66)52(80)72-44(32-36(3)4)54(82)74-46(34-40-21-13-10-14-22-40)60(88)78-30-18-26-48(78)56(84)75-49(37(5)6)57(85)69-41(51(79)71-43)23-15-27-67-61(63)64/h9-14,19-22,35-38,41-50H,15-18,23-34H2,1-8H3,(H,69,85)(H,70,86)(H,71,79)(H,72,80)(H,73,81)(H,74,82)(H,75,84)(H,76,83)(H4,63,64,67)(H4,65,66,68)/t41-,42-,43-,44-,45+,46+,47-,48-,49-,50-/m0/s1. The summed E-state index contributed by atoms with van der Waals surface area (Å²) in [7, 11) is 0. The lowest BCUT2D eigenvalue weighted by molar-refractivity contribution is -0.143. The molecule has 26 nitrogen and oxygen atoms in total. The van der Waals surface area contributed by atoms with Gasteiger partial charge >= 0.3 is 0 Å². The van der Waals surface area contributed by atoms with Crippen molar-refractivity contribution in [1.29, 1.82) is 0 Å². The van der Waals surface area contributed by atoms with E-state index in [2.05, 4.69) is 52.5 Å². The van der Waals surface area contributed by atoms with Crippen LogP contribution < -0.4 is 65.5 Å². The van der Waals surface area contributed by atoms with Crippen molar-refractivity contribution < 1.29 is 47.9 Å². The van der Waals surface area contributed by atoms with Crippen molar-refractivity contribution >= 4 is 71.0 Å². The zero-order valence-electron chi connectivity index (χ0n) is 52.4. The number of rotatable bonds is 18. The van der Waals surface area contributed by atoms with Crippen LogP contribution in [0.2, 0.25) is 0 Å². The average Bonchev–Trinajstić information content (AvgIpc) is 1.99. The topological polar surface area (TPSA) is 402 Å². The Balaban J connectivity index is 1.61. The molecule has 3 aliphatic rings. The molecule has 0 radical (unpaired) electrons. The molecule has 0 unspecified atom stereocenters. The number of nitrogens with two attached hydrogens (primary N) is 4. The maximum atomic E-state index is 15.0. The van der Waals surface area contributed by atoms with E-state index in [1.165, 1.54) is 9.80 Å². The zero-order chi connectivity index (χ0) is 64.8. The van der Waals surface area contributed by atoms with Crippen LogP contribution in [-0.4, -0.2) is 167 Å². The molecule has 5 rings (SSSR count). The van der Waals surface area contributed by atoms with E-state index in [9.17, 15) is 38.4 Å². The third-order valence-corrected chi connectivity index (χ3v) is 15.8. The third-order valence-electron chi connectivity index (χ3n) is 15.8. The van der Waals surface area contributed by atoms with Crippen molar-refractivity contribution in [2.45, 2.75) is 193 Å². The van der Waals surface area contributed by atoms with Crippen molar-refractivity contribution in [2.75, 3.05) is 26.2 Å². The van der Waals surface area contributed by atoms with Crippen LogP contribution >= 0.6 is 0 Å². The summed E-state index contributed by atoms with van der Waals surface area (Å²) < 4.78 is 0. The number of nitrogens with zero attached hydrogens (tertiary/aromatic N) is 4. The van der Waals surface area contributed by atoms with E-state index in [0.717, 1.165) is 0 Å². The van der Waals surface area contributed by atoms with Crippen LogP contribution in [0.1, 0.15) is 131 Å². The Labute approximate surface area is 516 Å². The molecule has 88 heavy (non-hydrogen) atoms. The van der Waals surface area contributed by atoms with E-state index in [1.807, 2.05) is 27.7 Å². The lowest BCUT2D eigenvalue weighted by atomic mass is 9.98. The molecule has 484 valence electrons.